The first kappa shape index (κ1) is 16.3. The van der Waals surface area contributed by atoms with Crippen LogP contribution in [0.4, 0.5) is 18.9 Å². The van der Waals surface area contributed by atoms with Gasteiger partial charge in [-0.2, -0.15) is 13.2 Å². The van der Waals surface area contributed by atoms with Crippen molar-refractivity contribution in [3.63, 3.8) is 0 Å². The van der Waals surface area contributed by atoms with Crippen molar-refractivity contribution >= 4 is 11.7 Å². The molecular weight excluding hydrogens is 275 g/mol. The van der Waals surface area contributed by atoms with Crippen molar-refractivity contribution in [2.75, 3.05) is 18.5 Å². The average molecular weight is 291 g/mol. The molecule has 0 aliphatic carbocycles. The minimum absolute atomic E-state index is 0.137. The zero-order valence-corrected chi connectivity index (χ0v) is 11.1. The molecule has 1 atom stereocenters. The fourth-order valence-electron chi connectivity index (χ4n) is 1.63. The van der Waals surface area contributed by atoms with Crippen LogP contribution in [-0.4, -0.2) is 30.3 Å². The molecule has 0 aliphatic rings. The van der Waals surface area contributed by atoms with Gasteiger partial charge < -0.3 is 15.2 Å². The van der Waals surface area contributed by atoms with Crippen LogP contribution < -0.4 is 5.32 Å². The van der Waals surface area contributed by atoms with Crippen molar-refractivity contribution in [3.05, 3.63) is 29.3 Å². The van der Waals surface area contributed by atoms with Gasteiger partial charge in [0.05, 0.1) is 17.7 Å². The van der Waals surface area contributed by atoms with Crippen molar-refractivity contribution in [3.8, 4) is 0 Å². The molecule has 1 aromatic carbocycles. The lowest BCUT2D eigenvalue weighted by Crippen LogP contribution is -2.23. The Morgan fingerprint density at radius 2 is 2.10 bits per heavy atom. The first-order valence-corrected chi connectivity index (χ1v) is 6.04. The molecule has 0 bridgehead atoms. The van der Waals surface area contributed by atoms with E-state index in [9.17, 15) is 18.0 Å². The lowest BCUT2D eigenvalue weighted by atomic mass is 10.1. The summed E-state index contributed by atoms with van der Waals surface area (Å²) in [6.45, 7) is 4.40. The number of carboxylic acid groups (broad SMARTS) is 1. The van der Waals surface area contributed by atoms with Crippen molar-refractivity contribution in [1.82, 2.24) is 0 Å². The maximum atomic E-state index is 12.6. The number of ether oxygens (including phenoxy) is 1. The van der Waals surface area contributed by atoms with E-state index in [2.05, 4.69) is 5.32 Å². The summed E-state index contributed by atoms with van der Waals surface area (Å²) in [5, 5.41) is 11.8. The number of hydrogen-bond acceptors (Lipinski definition) is 3. The van der Waals surface area contributed by atoms with E-state index in [1.807, 2.05) is 6.92 Å². The first-order valence-electron chi connectivity index (χ1n) is 6.04. The summed E-state index contributed by atoms with van der Waals surface area (Å²) in [5.74, 6) is -1.41. The number of aromatic carboxylic acids is 1. The number of carboxylic acids is 1. The molecule has 2 N–H and O–H groups in total. The molecule has 20 heavy (non-hydrogen) atoms. The lowest BCUT2D eigenvalue weighted by Gasteiger charge is -2.18. The van der Waals surface area contributed by atoms with Crippen LogP contribution >= 0.6 is 0 Å². The Labute approximate surface area is 114 Å². The van der Waals surface area contributed by atoms with Crippen LogP contribution in [0.25, 0.3) is 0 Å². The molecular formula is C13H16F3NO3. The van der Waals surface area contributed by atoms with Crippen LogP contribution in [0.3, 0.4) is 0 Å². The Hall–Kier alpha value is -1.76. The third-order valence-electron chi connectivity index (χ3n) is 2.55. The molecule has 0 amide bonds. The van der Waals surface area contributed by atoms with Crippen LogP contribution in [0.15, 0.2) is 18.2 Å². The maximum Gasteiger partial charge on any atom is 0.416 e. The molecule has 0 saturated heterocycles. The Balaban J connectivity index is 2.99. The van der Waals surface area contributed by atoms with Crippen LogP contribution in [0.5, 0.6) is 0 Å². The van der Waals surface area contributed by atoms with Crippen LogP contribution in [-0.2, 0) is 10.9 Å². The van der Waals surface area contributed by atoms with E-state index in [0.29, 0.717) is 19.3 Å². The van der Waals surface area contributed by atoms with E-state index < -0.39 is 23.3 Å². The standard InChI is InChI=1S/C13H16F3NO3/c1-3-20-7-8(2)17-11-5-4-9(13(14,15)16)6-10(11)12(18)19/h4-6,8,17H,3,7H2,1-2H3,(H,18,19). The second-order valence-electron chi connectivity index (χ2n) is 4.27. The van der Waals surface area contributed by atoms with Crippen LogP contribution in [0, 0.1) is 0 Å². The van der Waals surface area contributed by atoms with E-state index in [1.165, 1.54) is 0 Å². The summed E-state index contributed by atoms with van der Waals surface area (Å²) in [6.07, 6.45) is -4.57. The predicted octanol–water partition coefficient (Wildman–Crippen LogP) is 3.24. The summed E-state index contributed by atoms with van der Waals surface area (Å²) in [6, 6.07) is 2.37. The zero-order chi connectivity index (χ0) is 15.3. The van der Waals surface area contributed by atoms with Crippen LogP contribution in [0.1, 0.15) is 29.8 Å². The minimum atomic E-state index is -4.57. The number of benzene rings is 1. The topological polar surface area (TPSA) is 58.6 Å². The first-order chi connectivity index (χ1) is 9.25. The van der Waals surface area contributed by atoms with E-state index in [0.717, 1.165) is 12.1 Å². The van der Waals surface area contributed by atoms with Gasteiger partial charge in [0.2, 0.25) is 0 Å². The molecule has 0 aliphatic heterocycles. The molecule has 0 heterocycles. The van der Waals surface area contributed by atoms with Crippen molar-refractivity contribution < 1.29 is 27.8 Å². The largest absolute Gasteiger partial charge is 0.478 e. The van der Waals surface area contributed by atoms with Gasteiger partial charge in [0.25, 0.3) is 0 Å². The van der Waals surface area contributed by atoms with Gasteiger partial charge in [0.15, 0.2) is 0 Å². The molecule has 4 nitrogen and oxygen atoms in total. The normalized spacial score (nSPS) is 13.1. The number of rotatable bonds is 6. The Kier molecular flexibility index (Phi) is 5.38. The maximum absolute atomic E-state index is 12.6. The van der Waals surface area contributed by atoms with Crippen molar-refractivity contribution in [2.45, 2.75) is 26.1 Å². The van der Waals surface area contributed by atoms with Crippen molar-refractivity contribution in [1.29, 1.82) is 0 Å². The van der Waals surface area contributed by atoms with Gasteiger partial charge in [-0.15, -0.1) is 0 Å². The molecule has 0 aromatic heterocycles. The third-order valence-corrected chi connectivity index (χ3v) is 2.55. The Morgan fingerprint density at radius 1 is 1.45 bits per heavy atom. The van der Waals surface area contributed by atoms with Gasteiger partial charge in [-0.1, -0.05) is 0 Å². The summed E-state index contributed by atoms with van der Waals surface area (Å²) in [5.41, 5.74) is -1.27. The molecule has 0 fully saturated rings. The van der Waals surface area contributed by atoms with Gasteiger partial charge in [0, 0.05) is 18.3 Å². The summed E-state index contributed by atoms with van der Waals surface area (Å²) in [7, 11) is 0. The summed E-state index contributed by atoms with van der Waals surface area (Å²) >= 11 is 0. The second kappa shape index (κ2) is 6.60. The molecule has 112 valence electrons. The Morgan fingerprint density at radius 3 is 2.60 bits per heavy atom. The van der Waals surface area contributed by atoms with Crippen molar-refractivity contribution in [2.24, 2.45) is 0 Å². The van der Waals surface area contributed by atoms with E-state index in [1.54, 1.807) is 6.92 Å². The smallest absolute Gasteiger partial charge is 0.416 e. The molecule has 0 radical (unpaired) electrons. The third kappa shape index (κ3) is 4.41. The highest BCUT2D eigenvalue weighted by atomic mass is 19.4. The van der Waals surface area contributed by atoms with Gasteiger partial charge in [-0.05, 0) is 32.0 Å². The highest BCUT2D eigenvalue weighted by Gasteiger charge is 2.31. The highest BCUT2D eigenvalue weighted by molar-refractivity contribution is 5.94. The van der Waals surface area contributed by atoms with Gasteiger partial charge in [-0.3, -0.25) is 0 Å². The van der Waals surface area contributed by atoms with Crippen LogP contribution in [0.2, 0.25) is 0 Å². The highest BCUT2D eigenvalue weighted by Crippen LogP contribution is 2.32. The van der Waals surface area contributed by atoms with Gasteiger partial charge in [-0.25, -0.2) is 4.79 Å². The quantitative estimate of drug-likeness (QED) is 0.844. The van der Waals surface area contributed by atoms with E-state index in [-0.39, 0.29) is 11.7 Å². The average Bonchev–Trinajstić information content (AvgIpc) is 2.35. The second-order valence-corrected chi connectivity index (χ2v) is 4.27. The SMILES string of the molecule is CCOCC(C)Nc1ccc(C(F)(F)F)cc1C(=O)O. The van der Waals surface area contributed by atoms with E-state index >= 15 is 0 Å². The lowest BCUT2D eigenvalue weighted by molar-refractivity contribution is -0.137. The van der Waals surface area contributed by atoms with Gasteiger partial charge >= 0.3 is 12.1 Å². The zero-order valence-electron chi connectivity index (χ0n) is 11.1. The number of hydrogen-bond donors (Lipinski definition) is 2. The molecule has 1 aromatic rings. The molecule has 1 rings (SSSR count). The van der Waals surface area contributed by atoms with Gasteiger partial charge in [0.1, 0.15) is 0 Å². The fourth-order valence-corrected chi connectivity index (χ4v) is 1.63. The van der Waals surface area contributed by atoms with E-state index in [4.69, 9.17) is 9.84 Å². The molecule has 0 saturated carbocycles. The number of anilines is 1. The predicted molar refractivity (Wildman–Crippen MR) is 68.0 cm³/mol. The summed E-state index contributed by atoms with van der Waals surface area (Å²) in [4.78, 5) is 11.1. The number of carbonyl (C=O) groups is 1. The molecule has 0 spiro atoms. The monoisotopic (exact) mass is 291 g/mol. The molecule has 7 heteroatoms. The Bertz CT molecular complexity index is 474. The minimum Gasteiger partial charge on any atom is -0.478 e. The fraction of sp³-hybridized carbons (Fsp3) is 0.462. The summed E-state index contributed by atoms with van der Waals surface area (Å²) < 4.78 is 42.8. The number of halogens is 3. The number of nitrogens with one attached hydrogen (secondary N) is 1. The number of alkyl halides is 3. The molecule has 1 unspecified atom stereocenters.